The number of aromatic amines is 1. The molecule has 0 spiro atoms. The van der Waals surface area contributed by atoms with Crippen LogP contribution in [0, 0.1) is 0 Å². The Labute approximate surface area is 224 Å². The average molecular weight is 524 g/mol. The highest BCUT2D eigenvalue weighted by atomic mass is 16.5. The van der Waals surface area contributed by atoms with Crippen LogP contribution in [0.25, 0.3) is 21.8 Å². The van der Waals surface area contributed by atoms with E-state index in [0.717, 1.165) is 27.7 Å². The van der Waals surface area contributed by atoms with Gasteiger partial charge in [-0.25, -0.2) is 0 Å². The van der Waals surface area contributed by atoms with Crippen LogP contribution in [-0.2, 0) is 23.1 Å². The van der Waals surface area contributed by atoms with Crippen molar-refractivity contribution < 1.29 is 19.4 Å². The maximum atomic E-state index is 13.9. The summed E-state index contributed by atoms with van der Waals surface area (Å²) >= 11 is 0. The molecule has 0 radical (unpaired) electrons. The molecule has 0 saturated heterocycles. The van der Waals surface area contributed by atoms with Gasteiger partial charge in [-0.1, -0.05) is 42.5 Å². The van der Waals surface area contributed by atoms with Gasteiger partial charge in [-0.15, -0.1) is 0 Å². The number of pyridine rings is 1. The van der Waals surface area contributed by atoms with Crippen molar-refractivity contribution in [3.63, 3.8) is 0 Å². The zero-order chi connectivity index (χ0) is 27.7. The topological polar surface area (TPSA) is 113 Å². The van der Waals surface area contributed by atoms with Gasteiger partial charge in [-0.3, -0.25) is 14.4 Å². The van der Waals surface area contributed by atoms with Gasteiger partial charge in [-0.05, 0) is 47.9 Å². The number of hydrogen-bond acceptors (Lipinski definition) is 5. The number of aromatic nitrogens is 2. The van der Waals surface area contributed by atoms with Crippen molar-refractivity contribution in [2.45, 2.75) is 26.2 Å². The standard InChI is InChI=1S/C31H29N3O5/c1-18(35)32-17-16-23-22-8-4-6-10-25(22)33-29(23)27(20-12-14-21(15-13-20)39-19(2)36)28-30(37)24-9-5-7-11-26(24)34(3)31(28)38/h4-15,27,33,37H,16-17H2,1-3H3,(H,32,35). The first kappa shape index (κ1) is 25.8. The molecule has 1 atom stereocenters. The molecule has 5 rings (SSSR count). The van der Waals surface area contributed by atoms with E-state index in [-0.39, 0.29) is 22.8 Å². The molecule has 2 heterocycles. The van der Waals surface area contributed by atoms with Crippen LogP contribution in [0.3, 0.4) is 0 Å². The van der Waals surface area contributed by atoms with Crippen molar-refractivity contribution in [1.82, 2.24) is 14.9 Å². The van der Waals surface area contributed by atoms with Crippen molar-refractivity contribution in [2.24, 2.45) is 7.05 Å². The maximum absolute atomic E-state index is 13.9. The van der Waals surface area contributed by atoms with Crippen molar-refractivity contribution >= 4 is 33.7 Å². The minimum Gasteiger partial charge on any atom is -0.507 e. The highest BCUT2D eigenvalue weighted by Gasteiger charge is 2.30. The summed E-state index contributed by atoms with van der Waals surface area (Å²) in [5.74, 6) is -0.955. The van der Waals surface area contributed by atoms with Crippen LogP contribution in [-0.4, -0.2) is 33.1 Å². The number of ether oxygens (including phenoxy) is 1. The maximum Gasteiger partial charge on any atom is 0.308 e. The van der Waals surface area contributed by atoms with Crippen molar-refractivity contribution in [2.75, 3.05) is 6.54 Å². The number of hydrogen-bond donors (Lipinski definition) is 3. The number of carbonyl (C=O) groups excluding carboxylic acids is 2. The van der Waals surface area contributed by atoms with Gasteiger partial charge < -0.3 is 24.7 Å². The Morgan fingerprint density at radius 3 is 2.33 bits per heavy atom. The Bertz CT molecular complexity index is 1770. The van der Waals surface area contributed by atoms with E-state index < -0.39 is 11.9 Å². The smallest absolute Gasteiger partial charge is 0.308 e. The third-order valence-corrected chi connectivity index (χ3v) is 6.96. The van der Waals surface area contributed by atoms with Crippen molar-refractivity contribution in [3.8, 4) is 11.5 Å². The number of esters is 1. The quantitative estimate of drug-likeness (QED) is 0.215. The number of aromatic hydroxyl groups is 1. The van der Waals surface area contributed by atoms with Crippen LogP contribution in [0.15, 0.2) is 77.6 Å². The molecule has 0 bridgehead atoms. The van der Waals surface area contributed by atoms with Crippen molar-refractivity contribution in [1.29, 1.82) is 0 Å². The fourth-order valence-corrected chi connectivity index (χ4v) is 5.24. The largest absolute Gasteiger partial charge is 0.507 e. The molecule has 0 aliphatic rings. The van der Waals surface area contributed by atoms with Crippen LogP contribution < -0.4 is 15.6 Å². The van der Waals surface area contributed by atoms with Crippen LogP contribution in [0.2, 0.25) is 0 Å². The molecule has 0 aliphatic heterocycles. The molecule has 198 valence electrons. The summed E-state index contributed by atoms with van der Waals surface area (Å²) in [4.78, 5) is 40.5. The Balaban J connectivity index is 1.79. The number of benzene rings is 3. The minimum absolute atomic E-state index is 0.0887. The van der Waals surface area contributed by atoms with Gasteiger partial charge in [0.15, 0.2) is 0 Å². The number of nitrogens with zero attached hydrogens (tertiary/aromatic N) is 1. The van der Waals surface area contributed by atoms with E-state index in [2.05, 4.69) is 10.3 Å². The van der Waals surface area contributed by atoms with Crippen LogP contribution in [0.5, 0.6) is 11.5 Å². The number of para-hydroxylation sites is 2. The lowest BCUT2D eigenvalue weighted by Gasteiger charge is -2.22. The second-order valence-electron chi connectivity index (χ2n) is 9.54. The first-order valence-corrected chi connectivity index (χ1v) is 12.7. The number of aryl methyl sites for hydroxylation is 1. The molecule has 3 aromatic carbocycles. The lowest BCUT2D eigenvalue weighted by Crippen LogP contribution is -2.26. The first-order valence-electron chi connectivity index (χ1n) is 12.7. The predicted octanol–water partition coefficient (Wildman–Crippen LogP) is 4.51. The highest BCUT2D eigenvalue weighted by Crippen LogP contribution is 2.41. The highest BCUT2D eigenvalue weighted by molar-refractivity contribution is 5.88. The van der Waals surface area contributed by atoms with Crippen LogP contribution in [0.1, 0.15) is 42.1 Å². The van der Waals surface area contributed by atoms with Crippen molar-refractivity contribution in [3.05, 3.63) is 106 Å². The Morgan fingerprint density at radius 1 is 0.974 bits per heavy atom. The summed E-state index contributed by atoms with van der Waals surface area (Å²) in [5, 5.41) is 16.0. The van der Waals surface area contributed by atoms with E-state index in [4.69, 9.17) is 4.74 Å². The summed E-state index contributed by atoms with van der Waals surface area (Å²) in [6.45, 7) is 3.21. The number of nitrogens with one attached hydrogen (secondary N) is 2. The van der Waals surface area contributed by atoms with E-state index in [1.807, 2.05) is 36.4 Å². The predicted molar refractivity (Wildman–Crippen MR) is 150 cm³/mol. The van der Waals surface area contributed by atoms with Gasteiger partial charge in [0.05, 0.1) is 17.0 Å². The van der Waals surface area contributed by atoms with Gasteiger partial charge in [0.25, 0.3) is 5.56 Å². The van der Waals surface area contributed by atoms with Gasteiger partial charge >= 0.3 is 5.97 Å². The number of H-pyrrole nitrogens is 1. The second kappa shape index (κ2) is 10.5. The molecule has 0 fully saturated rings. The molecule has 8 heteroatoms. The average Bonchev–Trinajstić information content (AvgIpc) is 3.28. The molecular weight excluding hydrogens is 494 g/mol. The summed E-state index contributed by atoms with van der Waals surface area (Å²) in [7, 11) is 1.69. The summed E-state index contributed by atoms with van der Waals surface area (Å²) in [6, 6.07) is 22.0. The molecule has 1 unspecified atom stereocenters. The first-order chi connectivity index (χ1) is 18.8. The fraction of sp³-hybridized carbons (Fsp3) is 0.194. The molecule has 2 aromatic heterocycles. The van der Waals surface area contributed by atoms with E-state index in [1.54, 1.807) is 48.0 Å². The van der Waals surface area contributed by atoms with Crippen LogP contribution >= 0.6 is 0 Å². The number of rotatable bonds is 7. The number of amides is 1. The van der Waals surface area contributed by atoms with Gasteiger partial charge in [0.1, 0.15) is 11.5 Å². The monoisotopic (exact) mass is 523 g/mol. The Morgan fingerprint density at radius 2 is 1.64 bits per heavy atom. The lowest BCUT2D eigenvalue weighted by molar-refractivity contribution is -0.131. The fourth-order valence-electron chi connectivity index (χ4n) is 5.24. The minimum atomic E-state index is -0.681. The zero-order valence-corrected chi connectivity index (χ0v) is 21.9. The molecule has 5 aromatic rings. The number of carbonyl (C=O) groups is 2. The normalized spacial score (nSPS) is 12.0. The third kappa shape index (κ3) is 4.88. The molecule has 1 amide bonds. The SMILES string of the molecule is CC(=O)NCCc1c(C(c2ccc(OC(C)=O)cc2)c2c(O)c3ccccc3n(C)c2=O)[nH]c2ccccc12. The van der Waals surface area contributed by atoms with E-state index in [1.165, 1.54) is 13.8 Å². The Hall–Kier alpha value is -4.85. The van der Waals surface area contributed by atoms with Gasteiger partial charge in [0, 0.05) is 49.4 Å². The molecule has 0 aliphatic carbocycles. The third-order valence-electron chi connectivity index (χ3n) is 6.96. The summed E-state index contributed by atoms with van der Waals surface area (Å²) in [6.07, 6.45) is 0.510. The lowest BCUT2D eigenvalue weighted by atomic mass is 9.85. The van der Waals surface area contributed by atoms with E-state index in [0.29, 0.717) is 29.6 Å². The zero-order valence-electron chi connectivity index (χ0n) is 21.9. The molecule has 3 N–H and O–H groups in total. The van der Waals surface area contributed by atoms with E-state index >= 15 is 0 Å². The molecular formula is C31H29N3O5. The number of fused-ring (bicyclic) bond motifs is 2. The summed E-state index contributed by atoms with van der Waals surface area (Å²) < 4.78 is 6.78. The summed E-state index contributed by atoms with van der Waals surface area (Å²) in [5.41, 5.74) is 3.79. The van der Waals surface area contributed by atoms with Crippen LogP contribution in [0.4, 0.5) is 0 Å². The molecule has 0 saturated carbocycles. The molecule has 8 nitrogen and oxygen atoms in total. The van der Waals surface area contributed by atoms with E-state index in [9.17, 15) is 19.5 Å². The second-order valence-corrected chi connectivity index (χ2v) is 9.54. The van der Waals surface area contributed by atoms with Gasteiger partial charge in [-0.2, -0.15) is 0 Å². The molecule has 39 heavy (non-hydrogen) atoms. The Kier molecular flexibility index (Phi) is 6.94. The van der Waals surface area contributed by atoms with Gasteiger partial charge in [0.2, 0.25) is 5.91 Å².